The molecule has 0 saturated heterocycles. The van der Waals surface area contributed by atoms with Crippen LogP contribution in [0.1, 0.15) is 25.7 Å². The van der Waals surface area contributed by atoms with E-state index in [1.807, 2.05) is 0 Å². The second-order valence-electron chi connectivity index (χ2n) is 3.80. The molecule has 0 aromatic carbocycles. The van der Waals surface area contributed by atoms with Crippen LogP contribution in [-0.2, 0) is 9.47 Å². The van der Waals surface area contributed by atoms with E-state index in [9.17, 15) is 0 Å². The van der Waals surface area contributed by atoms with E-state index in [0.717, 1.165) is 13.2 Å². The van der Waals surface area contributed by atoms with Crippen LogP contribution >= 0.6 is 0 Å². The highest BCUT2D eigenvalue weighted by Crippen LogP contribution is 2.30. The van der Waals surface area contributed by atoms with E-state index in [4.69, 9.17) is 9.47 Å². The zero-order valence-electron chi connectivity index (χ0n) is 8.78. The molecule has 2 nitrogen and oxygen atoms in total. The summed E-state index contributed by atoms with van der Waals surface area (Å²) in [6, 6.07) is 0. The number of hydrogen-bond acceptors (Lipinski definition) is 2. The molecule has 14 heavy (non-hydrogen) atoms. The SMILES string of the molecule is C=COC[C@H]1CCCC[C@H]1COC=C. The van der Waals surface area contributed by atoms with Crippen molar-refractivity contribution in [3.05, 3.63) is 25.7 Å². The molecule has 2 heteroatoms. The summed E-state index contributed by atoms with van der Waals surface area (Å²) in [5, 5.41) is 0. The molecule has 0 aromatic rings. The molecule has 1 saturated carbocycles. The van der Waals surface area contributed by atoms with Gasteiger partial charge in [0.1, 0.15) is 0 Å². The topological polar surface area (TPSA) is 18.5 Å². The lowest BCUT2D eigenvalue weighted by Crippen LogP contribution is -2.26. The molecule has 1 fully saturated rings. The van der Waals surface area contributed by atoms with E-state index in [-0.39, 0.29) is 0 Å². The van der Waals surface area contributed by atoms with Gasteiger partial charge in [0.05, 0.1) is 25.7 Å². The minimum atomic E-state index is 0.627. The summed E-state index contributed by atoms with van der Waals surface area (Å²) < 4.78 is 10.5. The van der Waals surface area contributed by atoms with Crippen LogP contribution in [0.5, 0.6) is 0 Å². The maximum absolute atomic E-state index is 5.27. The Labute approximate surface area is 86.6 Å². The van der Waals surface area contributed by atoms with Crippen molar-refractivity contribution in [2.75, 3.05) is 13.2 Å². The molecule has 2 atom stereocenters. The Morgan fingerprint density at radius 2 is 1.36 bits per heavy atom. The molecule has 0 N–H and O–H groups in total. The molecule has 0 radical (unpaired) electrons. The fraction of sp³-hybridized carbons (Fsp3) is 0.667. The predicted octanol–water partition coefficient (Wildman–Crippen LogP) is 3.11. The Bertz CT molecular complexity index is 157. The average molecular weight is 196 g/mol. The third kappa shape index (κ3) is 3.44. The van der Waals surface area contributed by atoms with Gasteiger partial charge in [0.15, 0.2) is 0 Å². The molecule has 0 heterocycles. The molecule has 0 bridgehead atoms. The van der Waals surface area contributed by atoms with Crippen LogP contribution in [-0.4, -0.2) is 13.2 Å². The highest BCUT2D eigenvalue weighted by Gasteiger charge is 2.25. The number of ether oxygens (including phenoxy) is 2. The van der Waals surface area contributed by atoms with Crippen LogP contribution in [0.4, 0.5) is 0 Å². The molecule has 0 spiro atoms. The highest BCUT2D eigenvalue weighted by molar-refractivity contribution is 4.76. The average Bonchev–Trinajstić information content (AvgIpc) is 2.24. The van der Waals surface area contributed by atoms with Gasteiger partial charge in [-0.25, -0.2) is 0 Å². The Kier molecular flexibility index (Phi) is 5.20. The van der Waals surface area contributed by atoms with Gasteiger partial charge in [-0.3, -0.25) is 0 Å². The summed E-state index contributed by atoms with van der Waals surface area (Å²) in [5.41, 5.74) is 0. The molecule has 80 valence electrons. The van der Waals surface area contributed by atoms with Gasteiger partial charge < -0.3 is 9.47 Å². The fourth-order valence-corrected chi connectivity index (χ4v) is 2.11. The largest absolute Gasteiger partial charge is 0.502 e. The van der Waals surface area contributed by atoms with Gasteiger partial charge >= 0.3 is 0 Å². The first-order valence-electron chi connectivity index (χ1n) is 5.33. The molecular weight excluding hydrogens is 176 g/mol. The first-order chi connectivity index (χ1) is 6.88. The normalized spacial score (nSPS) is 26.6. The monoisotopic (exact) mass is 196 g/mol. The van der Waals surface area contributed by atoms with Crippen LogP contribution in [0.3, 0.4) is 0 Å². The van der Waals surface area contributed by atoms with Gasteiger partial charge in [-0.1, -0.05) is 26.0 Å². The third-order valence-corrected chi connectivity index (χ3v) is 2.92. The molecule has 0 aliphatic heterocycles. The molecule has 1 aliphatic carbocycles. The van der Waals surface area contributed by atoms with E-state index in [1.165, 1.54) is 38.2 Å². The molecule has 1 rings (SSSR count). The van der Waals surface area contributed by atoms with Crippen molar-refractivity contribution in [3.8, 4) is 0 Å². The van der Waals surface area contributed by atoms with Crippen LogP contribution in [0, 0.1) is 11.8 Å². The van der Waals surface area contributed by atoms with E-state index in [0.29, 0.717) is 11.8 Å². The van der Waals surface area contributed by atoms with Gasteiger partial charge in [-0.15, -0.1) is 0 Å². The lowest BCUT2D eigenvalue weighted by Gasteiger charge is -2.30. The predicted molar refractivity (Wildman–Crippen MR) is 57.7 cm³/mol. The standard InChI is InChI=1S/C12H20O2/c1-3-13-9-11-7-5-6-8-12(11)10-14-4-2/h3-4,11-12H,1-2,5-10H2/t11-,12+. The Balaban J connectivity index is 2.33. The van der Waals surface area contributed by atoms with Crippen molar-refractivity contribution in [1.29, 1.82) is 0 Å². The van der Waals surface area contributed by atoms with Crippen LogP contribution in [0.15, 0.2) is 25.7 Å². The molecule has 1 aliphatic rings. The van der Waals surface area contributed by atoms with Gasteiger partial charge in [0.25, 0.3) is 0 Å². The Morgan fingerprint density at radius 3 is 1.71 bits per heavy atom. The second-order valence-corrected chi connectivity index (χ2v) is 3.80. The van der Waals surface area contributed by atoms with Gasteiger partial charge in [-0.2, -0.15) is 0 Å². The molecular formula is C12H20O2. The zero-order chi connectivity index (χ0) is 10.2. The lowest BCUT2D eigenvalue weighted by atomic mass is 9.80. The first-order valence-corrected chi connectivity index (χ1v) is 5.33. The smallest absolute Gasteiger partial charge is 0.0905 e. The van der Waals surface area contributed by atoms with Crippen molar-refractivity contribution in [1.82, 2.24) is 0 Å². The molecule has 0 unspecified atom stereocenters. The minimum absolute atomic E-state index is 0.627. The maximum Gasteiger partial charge on any atom is 0.0905 e. The molecule has 0 aromatic heterocycles. The van der Waals surface area contributed by atoms with E-state index in [2.05, 4.69) is 13.2 Å². The van der Waals surface area contributed by atoms with Crippen LogP contribution < -0.4 is 0 Å². The number of rotatable bonds is 6. The van der Waals surface area contributed by atoms with Crippen LogP contribution in [0.25, 0.3) is 0 Å². The summed E-state index contributed by atoms with van der Waals surface area (Å²) in [6.07, 6.45) is 8.18. The summed E-state index contributed by atoms with van der Waals surface area (Å²) in [5.74, 6) is 1.25. The van der Waals surface area contributed by atoms with Gasteiger partial charge in [-0.05, 0) is 24.7 Å². The Hall–Kier alpha value is -0.920. The first kappa shape index (κ1) is 11.2. The number of hydrogen-bond donors (Lipinski definition) is 0. The fourth-order valence-electron chi connectivity index (χ4n) is 2.11. The summed E-state index contributed by atoms with van der Waals surface area (Å²) >= 11 is 0. The zero-order valence-corrected chi connectivity index (χ0v) is 8.78. The minimum Gasteiger partial charge on any atom is -0.502 e. The second kappa shape index (κ2) is 6.52. The van der Waals surface area contributed by atoms with Crippen molar-refractivity contribution >= 4 is 0 Å². The van der Waals surface area contributed by atoms with Crippen LogP contribution in [0.2, 0.25) is 0 Å². The quantitative estimate of drug-likeness (QED) is 0.608. The van der Waals surface area contributed by atoms with E-state index in [1.54, 1.807) is 0 Å². The Morgan fingerprint density at radius 1 is 0.929 bits per heavy atom. The lowest BCUT2D eigenvalue weighted by molar-refractivity contribution is 0.0722. The van der Waals surface area contributed by atoms with Crippen molar-refractivity contribution in [2.24, 2.45) is 11.8 Å². The third-order valence-electron chi connectivity index (χ3n) is 2.92. The van der Waals surface area contributed by atoms with Crippen molar-refractivity contribution in [2.45, 2.75) is 25.7 Å². The summed E-state index contributed by atoms with van der Waals surface area (Å²) in [6.45, 7) is 8.70. The molecule has 0 amide bonds. The van der Waals surface area contributed by atoms with Crippen molar-refractivity contribution in [3.63, 3.8) is 0 Å². The summed E-state index contributed by atoms with van der Waals surface area (Å²) in [7, 11) is 0. The van der Waals surface area contributed by atoms with E-state index >= 15 is 0 Å². The van der Waals surface area contributed by atoms with E-state index < -0.39 is 0 Å². The summed E-state index contributed by atoms with van der Waals surface area (Å²) in [4.78, 5) is 0. The van der Waals surface area contributed by atoms with Crippen molar-refractivity contribution < 1.29 is 9.47 Å². The van der Waals surface area contributed by atoms with Gasteiger partial charge in [0, 0.05) is 0 Å². The maximum atomic E-state index is 5.27. The van der Waals surface area contributed by atoms with Gasteiger partial charge in [0.2, 0.25) is 0 Å². The highest BCUT2D eigenvalue weighted by atomic mass is 16.5.